The lowest BCUT2D eigenvalue weighted by Gasteiger charge is -2.15. The highest BCUT2D eigenvalue weighted by atomic mass is 32.2. The van der Waals surface area contributed by atoms with Crippen molar-refractivity contribution in [3.05, 3.63) is 119 Å². The Kier molecular flexibility index (Phi) is 7.41. The van der Waals surface area contributed by atoms with Crippen molar-refractivity contribution in [3.8, 4) is 23.0 Å². The number of hydrogen-bond donors (Lipinski definition) is 0. The number of carbonyl (C=O) groups excluding carboxylic acids is 1. The summed E-state index contributed by atoms with van der Waals surface area (Å²) in [6.07, 6.45) is 1.86. The van der Waals surface area contributed by atoms with Crippen LogP contribution in [-0.2, 0) is 17.9 Å². The predicted octanol–water partition coefficient (Wildman–Crippen LogP) is 6.81. The summed E-state index contributed by atoms with van der Waals surface area (Å²) in [4.78, 5) is 20.6. The van der Waals surface area contributed by atoms with Crippen LogP contribution in [0.3, 0.4) is 0 Å². The van der Waals surface area contributed by atoms with Crippen molar-refractivity contribution in [2.24, 2.45) is 4.99 Å². The Hall–Kier alpha value is -4.69. The standard InChI is InChI=1S/C32H26N2O5S/c1-36-28-16-23(12-14-26(28)37-20-24-13-15-27-29(17-24)39-21-38-27)18-30-31(35)34(19-22-8-4-2-5-9-22)32(40-30)33-25-10-6-3-7-11-25/h2-18H,19-21H2,1H3/b30-18+,33-32?. The zero-order valence-corrected chi connectivity index (χ0v) is 22.6. The third-order valence-electron chi connectivity index (χ3n) is 6.37. The van der Waals surface area contributed by atoms with Crippen LogP contribution in [0.25, 0.3) is 6.08 Å². The van der Waals surface area contributed by atoms with Gasteiger partial charge >= 0.3 is 0 Å². The van der Waals surface area contributed by atoms with Crippen molar-refractivity contribution in [1.29, 1.82) is 0 Å². The molecule has 1 fully saturated rings. The molecule has 0 atom stereocenters. The Morgan fingerprint density at radius 1 is 0.875 bits per heavy atom. The van der Waals surface area contributed by atoms with E-state index in [9.17, 15) is 4.79 Å². The van der Waals surface area contributed by atoms with Gasteiger partial charge in [-0.3, -0.25) is 9.69 Å². The number of amidine groups is 1. The van der Waals surface area contributed by atoms with Gasteiger partial charge in [0.15, 0.2) is 28.2 Å². The summed E-state index contributed by atoms with van der Waals surface area (Å²) in [5.41, 5.74) is 3.60. The van der Waals surface area contributed by atoms with E-state index in [4.69, 9.17) is 23.9 Å². The summed E-state index contributed by atoms with van der Waals surface area (Å²) in [5, 5.41) is 0.641. The van der Waals surface area contributed by atoms with Crippen LogP contribution in [0.15, 0.2) is 107 Å². The first kappa shape index (κ1) is 25.6. The topological polar surface area (TPSA) is 69.6 Å². The molecule has 0 unspecified atom stereocenters. The summed E-state index contributed by atoms with van der Waals surface area (Å²) in [6, 6.07) is 30.9. The number of methoxy groups -OCH3 is 1. The second kappa shape index (κ2) is 11.6. The van der Waals surface area contributed by atoms with Gasteiger partial charge in [-0.2, -0.15) is 0 Å². The molecular weight excluding hydrogens is 524 g/mol. The van der Waals surface area contributed by atoms with Crippen LogP contribution < -0.4 is 18.9 Å². The van der Waals surface area contributed by atoms with Gasteiger partial charge in [0.25, 0.3) is 5.91 Å². The highest BCUT2D eigenvalue weighted by molar-refractivity contribution is 8.18. The molecule has 2 aliphatic heterocycles. The molecule has 4 aromatic rings. The minimum Gasteiger partial charge on any atom is -0.493 e. The molecule has 1 saturated heterocycles. The first-order valence-corrected chi connectivity index (χ1v) is 13.6. The van der Waals surface area contributed by atoms with Gasteiger partial charge in [0.2, 0.25) is 6.79 Å². The molecule has 0 radical (unpaired) electrons. The summed E-state index contributed by atoms with van der Waals surface area (Å²) in [7, 11) is 1.60. The molecule has 8 heteroatoms. The third kappa shape index (κ3) is 5.67. The van der Waals surface area contributed by atoms with Crippen molar-refractivity contribution in [3.63, 3.8) is 0 Å². The number of thioether (sulfide) groups is 1. The van der Waals surface area contributed by atoms with Gasteiger partial charge in [0.1, 0.15) is 6.61 Å². The summed E-state index contributed by atoms with van der Waals surface area (Å²) >= 11 is 1.36. The molecule has 4 aromatic carbocycles. The number of para-hydroxylation sites is 1. The van der Waals surface area contributed by atoms with E-state index in [2.05, 4.69) is 0 Å². The van der Waals surface area contributed by atoms with Crippen LogP contribution in [0.1, 0.15) is 16.7 Å². The molecule has 0 bridgehead atoms. The molecule has 2 aliphatic rings. The van der Waals surface area contributed by atoms with Gasteiger partial charge < -0.3 is 18.9 Å². The Morgan fingerprint density at radius 3 is 2.45 bits per heavy atom. The quantitative estimate of drug-likeness (QED) is 0.225. The van der Waals surface area contributed by atoms with Crippen LogP contribution in [0.4, 0.5) is 5.69 Å². The van der Waals surface area contributed by atoms with E-state index in [1.54, 1.807) is 12.0 Å². The largest absolute Gasteiger partial charge is 0.493 e. The molecule has 200 valence electrons. The molecule has 7 nitrogen and oxygen atoms in total. The fraction of sp³-hybridized carbons (Fsp3) is 0.125. The lowest BCUT2D eigenvalue weighted by atomic mass is 10.1. The molecule has 6 rings (SSSR count). The maximum atomic E-state index is 13.6. The van der Waals surface area contributed by atoms with Crippen molar-refractivity contribution in [1.82, 2.24) is 4.90 Å². The number of fused-ring (bicyclic) bond motifs is 1. The minimum absolute atomic E-state index is 0.0920. The lowest BCUT2D eigenvalue weighted by molar-refractivity contribution is -0.122. The SMILES string of the molecule is COc1cc(/C=C2/SC(=Nc3ccccc3)N(Cc3ccccc3)C2=O)ccc1OCc1ccc2c(c1)OCO2. The number of nitrogens with zero attached hydrogens (tertiary/aromatic N) is 2. The zero-order valence-electron chi connectivity index (χ0n) is 21.8. The number of ether oxygens (including phenoxy) is 4. The van der Waals surface area contributed by atoms with E-state index in [0.29, 0.717) is 40.5 Å². The number of hydrogen-bond acceptors (Lipinski definition) is 7. The van der Waals surface area contributed by atoms with E-state index in [1.807, 2.05) is 103 Å². The molecule has 0 spiro atoms. The smallest absolute Gasteiger partial charge is 0.267 e. The van der Waals surface area contributed by atoms with Crippen LogP contribution >= 0.6 is 11.8 Å². The average molecular weight is 551 g/mol. The van der Waals surface area contributed by atoms with Crippen molar-refractivity contribution < 1.29 is 23.7 Å². The second-order valence-electron chi connectivity index (χ2n) is 9.10. The number of amides is 1. The molecule has 40 heavy (non-hydrogen) atoms. The molecule has 0 saturated carbocycles. The predicted molar refractivity (Wildman–Crippen MR) is 156 cm³/mol. The maximum absolute atomic E-state index is 13.6. The summed E-state index contributed by atoms with van der Waals surface area (Å²) in [5.74, 6) is 2.53. The third-order valence-corrected chi connectivity index (χ3v) is 7.38. The second-order valence-corrected chi connectivity index (χ2v) is 10.1. The summed E-state index contributed by atoms with van der Waals surface area (Å²) < 4.78 is 22.5. The first-order valence-electron chi connectivity index (χ1n) is 12.7. The van der Waals surface area contributed by atoms with Crippen molar-refractivity contribution in [2.75, 3.05) is 13.9 Å². The normalized spacial score (nSPS) is 16.1. The fourth-order valence-electron chi connectivity index (χ4n) is 4.35. The molecule has 2 heterocycles. The maximum Gasteiger partial charge on any atom is 0.267 e. The Labute approximate surface area is 236 Å². The van der Waals surface area contributed by atoms with E-state index in [0.717, 1.165) is 28.1 Å². The Balaban J connectivity index is 1.23. The van der Waals surface area contributed by atoms with E-state index < -0.39 is 0 Å². The van der Waals surface area contributed by atoms with Gasteiger partial charge in [-0.25, -0.2) is 4.99 Å². The van der Waals surface area contributed by atoms with Crippen LogP contribution in [-0.4, -0.2) is 29.9 Å². The minimum atomic E-state index is -0.0920. The van der Waals surface area contributed by atoms with E-state index >= 15 is 0 Å². The highest BCUT2D eigenvalue weighted by Gasteiger charge is 2.33. The monoisotopic (exact) mass is 550 g/mol. The number of aliphatic imine (C=N–C) groups is 1. The van der Waals surface area contributed by atoms with Gasteiger partial charge in [0, 0.05) is 0 Å². The van der Waals surface area contributed by atoms with Gasteiger partial charge in [-0.1, -0.05) is 60.7 Å². The van der Waals surface area contributed by atoms with Gasteiger partial charge in [0.05, 0.1) is 24.2 Å². The summed E-state index contributed by atoms with van der Waals surface area (Å²) in [6.45, 7) is 1.01. The molecule has 0 aromatic heterocycles. The lowest BCUT2D eigenvalue weighted by Crippen LogP contribution is -2.28. The average Bonchev–Trinajstić information content (AvgIpc) is 3.57. The van der Waals surface area contributed by atoms with Crippen molar-refractivity contribution in [2.45, 2.75) is 13.2 Å². The number of rotatable bonds is 8. The van der Waals surface area contributed by atoms with Crippen LogP contribution in [0.2, 0.25) is 0 Å². The number of benzene rings is 4. The zero-order chi connectivity index (χ0) is 27.3. The van der Waals surface area contributed by atoms with Crippen molar-refractivity contribution >= 4 is 34.6 Å². The molecule has 1 amide bonds. The van der Waals surface area contributed by atoms with Crippen LogP contribution in [0.5, 0.6) is 23.0 Å². The van der Waals surface area contributed by atoms with Crippen LogP contribution in [0, 0.1) is 0 Å². The van der Waals surface area contributed by atoms with E-state index in [-0.39, 0.29) is 12.7 Å². The van der Waals surface area contributed by atoms with Gasteiger partial charge in [-0.05, 0) is 70.9 Å². The first-order chi connectivity index (χ1) is 19.7. The molecule has 0 aliphatic carbocycles. The Morgan fingerprint density at radius 2 is 1.65 bits per heavy atom. The van der Waals surface area contributed by atoms with E-state index in [1.165, 1.54) is 11.8 Å². The molecular formula is C32H26N2O5S. The van der Waals surface area contributed by atoms with Gasteiger partial charge in [-0.15, -0.1) is 0 Å². The molecule has 0 N–H and O–H groups in total. The number of carbonyl (C=O) groups is 1. The highest BCUT2D eigenvalue weighted by Crippen LogP contribution is 2.37. The Bertz CT molecular complexity index is 1590. The fourth-order valence-corrected chi connectivity index (χ4v) is 5.34.